The van der Waals surface area contributed by atoms with Gasteiger partial charge >= 0.3 is 0 Å². The Kier molecular flexibility index (Phi) is 5.21. The SMILES string of the molecule is CC(C)NCCCNCc1ccc2c(c1)CCC2. The van der Waals surface area contributed by atoms with Crippen molar-refractivity contribution in [2.45, 2.75) is 52.1 Å². The van der Waals surface area contributed by atoms with Crippen LogP contribution in [0.25, 0.3) is 0 Å². The molecule has 0 atom stereocenters. The molecule has 1 aromatic carbocycles. The Morgan fingerprint density at radius 2 is 1.94 bits per heavy atom. The van der Waals surface area contributed by atoms with E-state index in [2.05, 4.69) is 42.7 Å². The van der Waals surface area contributed by atoms with E-state index in [1.165, 1.54) is 31.2 Å². The molecule has 0 fully saturated rings. The standard InChI is InChI=1S/C16H26N2/c1-13(2)18-10-4-9-17-12-14-7-8-15-5-3-6-16(15)11-14/h7-8,11,13,17-18H,3-6,9-10,12H2,1-2H3. The molecule has 0 aromatic heterocycles. The van der Waals surface area contributed by atoms with Crippen LogP contribution in [0.1, 0.15) is 43.4 Å². The first kappa shape index (κ1) is 13.6. The second-order valence-corrected chi connectivity index (χ2v) is 5.60. The van der Waals surface area contributed by atoms with E-state index in [0.29, 0.717) is 6.04 Å². The van der Waals surface area contributed by atoms with E-state index < -0.39 is 0 Å². The first-order chi connectivity index (χ1) is 8.75. The van der Waals surface area contributed by atoms with Crippen LogP contribution >= 0.6 is 0 Å². The van der Waals surface area contributed by atoms with Crippen molar-refractivity contribution in [3.8, 4) is 0 Å². The van der Waals surface area contributed by atoms with E-state index >= 15 is 0 Å². The van der Waals surface area contributed by atoms with Gasteiger partial charge in [-0.2, -0.15) is 0 Å². The van der Waals surface area contributed by atoms with E-state index in [1.807, 2.05) is 0 Å². The normalized spacial score (nSPS) is 14.2. The van der Waals surface area contributed by atoms with Crippen LogP contribution in [-0.2, 0) is 19.4 Å². The molecule has 0 spiro atoms. The Hall–Kier alpha value is -0.860. The molecule has 1 aromatic rings. The van der Waals surface area contributed by atoms with E-state index in [9.17, 15) is 0 Å². The maximum atomic E-state index is 3.53. The Balaban J connectivity index is 1.65. The maximum Gasteiger partial charge on any atom is 0.0205 e. The van der Waals surface area contributed by atoms with E-state index in [4.69, 9.17) is 0 Å². The first-order valence-corrected chi connectivity index (χ1v) is 7.30. The molecule has 0 bridgehead atoms. The van der Waals surface area contributed by atoms with Crippen LogP contribution in [0.2, 0.25) is 0 Å². The van der Waals surface area contributed by atoms with Gasteiger partial charge in [0.15, 0.2) is 0 Å². The van der Waals surface area contributed by atoms with Gasteiger partial charge in [-0.1, -0.05) is 32.0 Å². The predicted molar refractivity (Wildman–Crippen MR) is 77.9 cm³/mol. The summed E-state index contributed by atoms with van der Waals surface area (Å²) in [5, 5.41) is 6.96. The van der Waals surface area contributed by atoms with Gasteiger partial charge in [0.2, 0.25) is 0 Å². The minimum atomic E-state index is 0.599. The van der Waals surface area contributed by atoms with Gasteiger partial charge in [-0.3, -0.25) is 0 Å². The minimum Gasteiger partial charge on any atom is -0.314 e. The summed E-state index contributed by atoms with van der Waals surface area (Å²) < 4.78 is 0. The summed E-state index contributed by atoms with van der Waals surface area (Å²) in [6.45, 7) is 7.59. The highest BCUT2D eigenvalue weighted by atomic mass is 14.9. The molecule has 0 saturated heterocycles. The Morgan fingerprint density at radius 1 is 1.11 bits per heavy atom. The summed E-state index contributed by atoms with van der Waals surface area (Å²) in [6.07, 6.45) is 5.10. The summed E-state index contributed by atoms with van der Waals surface area (Å²) >= 11 is 0. The molecule has 2 nitrogen and oxygen atoms in total. The van der Waals surface area contributed by atoms with Gasteiger partial charge in [0.1, 0.15) is 0 Å². The number of fused-ring (bicyclic) bond motifs is 1. The second-order valence-electron chi connectivity index (χ2n) is 5.60. The van der Waals surface area contributed by atoms with Crippen LogP contribution in [0.3, 0.4) is 0 Å². The molecule has 2 rings (SSSR count). The number of hydrogen-bond donors (Lipinski definition) is 2. The monoisotopic (exact) mass is 246 g/mol. The quantitative estimate of drug-likeness (QED) is 0.723. The highest BCUT2D eigenvalue weighted by Gasteiger charge is 2.10. The van der Waals surface area contributed by atoms with Crippen molar-refractivity contribution < 1.29 is 0 Å². The summed E-state index contributed by atoms with van der Waals surface area (Å²) in [4.78, 5) is 0. The number of hydrogen-bond acceptors (Lipinski definition) is 2. The lowest BCUT2D eigenvalue weighted by atomic mass is 10.1. The lowest BCUT2D eigenvalue weighted by molar-refractivity contribution is 0.547. The highest BCUT2D eigenvalue weighted by Crippen LogP contribution is 2.22. The smallest absolute Gasteiger partial charge is 0.0205 e. The molecule has 2 heteroatoms. The third-order valence-corrected chi connectivity index (χ3v) is 3.57. The van der Waals surface area contributed by atoms with Crippen molar-refractivity contribution in [1.82, 2.24) is 10.6 Å². The third-order valence-electron chi connectivity index (χ3n) is 3.57. The van der Waals surface area contributed by atoms with Crippen molar-refractivity contribution in [2.75, 3.05) is 13.1 Å². The molecule has 1 aliphatic carbocycles. The predicted octanol–water partition coefficient (Wildman–Crippen LogP) is 2.65. The van der Waals surface area contributed by atoms with Crippen molar-refractivity contribution in [1.29, 1.82) is 0 Å². The average molecular weight is 246 g/mol. The third kappa shape index (κ3) is 4.11. The fourth-order valence-corrected chi connectivity index (χ4v) is 2.57. The lowest BCUT2D eigenvalue weighted by Gasteiger charge is -2.09. The number of benzene rings is 1. The van der Waals surface area contributed by atoms with Gasteiger partial charge in [-0.05, 0) is 55.5 Å². The molecule has 0 aliphatic heterocycles. The Labute approximate surface area is 111 Å². The van der Waals surface area contributed by atoms with Gasteiger partial charge in [0.05, 0.1) is 0 Å². The van der Waals surface area contributed by atoms with Gasteiger partial charge in [-0.25, -0.2) is 0 Å². The van der Waals surface area contributed by atoms with Crippen LogP contribution in [0.15, 0.2) is 18.2 Å². The molecular formula is C16H26N2. The second kappa shape index (κ2) is 6.91. The molecule has 0 radical (unpaired) electrons. The summed E-state index contributed by atoms with van der Waals surface area (Å²) in [7, 11) is 0. The van der Waals surface area contributed by atoms with Crippen molar-refractivity contribution in [3.05, 3.63) is 34.9 Å². The molecule has 0 amide bonds. The van der Waals surface area contributed by atoms with Crippen LogP contribution in [0.5, 0.6) is 0 Å². The molecule has 1 aliphatic rings. The molecular weight excluding hydrogens is 220 g/mol. The van der Waals surface area contributed by atoms with Crippen LogP contribution in [0.4, 0.5) is 0 Å². The fraction of sp³-hybridized carbons (Fsp3) is 0.625. The Morgan fingerprint density at radius 3 is 2.78 bits per heavy atom. The van der Waals surface area contributed by atoms with Gasteiger partial charge in [-0.15, -0.1) is 0 Å². The fourth-order valence-electron chi connectivity index (χ4n) is 2.57. The average Bonchev–Trinajstić information content (AvgIpc) is 2.80. The topological polar surface area (TPSA) is 24.1 Å². The zero-order valence-electron chi connectivity index (χ0n) is 11.8. The largest absolute Gasteiger partial charge is 0.314 e. The summed E-state index contributed by atoms with van der Waals surface area (Å²) in [5.41, 5.74) is 4.59. The van der Waals surface area contributed by atoms with E-state index in [0.717, 1.165) is 19.6 Å². The Bertz CT molecular complexity index is 371. The summed E-state index contributed by atoms with van der Waals surface area (Å²) in [5.74, 6) is 0. The number of aryl methyl sites for hydroxylation is 2. The zero-order valence-corrected chi connectivity index (χ0v) is 11.8. The van der Waals surface area contributed by atoms with Crippen molar-refractivity contribution in [3.63, 3.8) is 0 Å². The van der Waals surface area contributed by atoms with E-state index in [1.54, 1.807) is 11.1 Å². The van der Waals surface area contributed by atoms with Crippen molar-refractivity contribution >= 4 is 0 Å². The molecule has 0 heterocycles. The highest BCUT2D eigenvalue weighted by molar-refractivity contribution is 5.35. The molecule has 18 heavy (non-hydrogen) atoms. The zero-order chi connectivity index (χ0) is 12.8. The van der Waals surface area contributed by atoms with E-state index in [-0.39, 0.29) is 0 Å². The maximum absolute atomic E-state index is 3.53. The molecule has 2 N–H and O–H groups in total. The van der Waals surface area contributed by atoms with Gasteiger partial charge in [0.25, 0.3) is 0 Å². The van der Waals surface area contributed by atoms with Crippen LogP contribution in [0, 0.1) is 0 Å². The molecule has 0 saturated carbocycles. The minimum absolute atomic E-state index is 0.599. The van der Waals surface area contributed by atoms with Crippen LogP contribution in [-0.4, -0.2) is 19.1 Å². The number of nitrogens with one attached hydrogen (secondary N) is 2. The van der Waals surface area contributed by atoms with Gasteiger partial charge in [0, 0.05) is 12.6 Å². The molecule has 0 unspecified atom stereocenters. The summed E-state index contributed by atoms with van der Waals surface area (Å²) in [6, 6.07) is 7.59. The van der Waals surface area contributed by atoms with Crippen LogP contribution < -0.4 is 10.6 Å². The number of rotatable bonds is 7. The van der Waals surface area contributed by atoms with Crippen molar-refractivity contribution in [2.24, 2.45) is 0 Å². The lowest BCUT2D eigenvalue weighted by Crippen LogP contribution is -2.26. The van der Waals surface area contributed by atoms with Gasteiger partial charge < -0.3 is 10.6 Å². The first-order valence-electron chi connectivity index (χ1n) is 7.30. The molecule has 100 valence electrons.